The number of amides is 1. The van der Waals surface area contributed by atoms with Gasteiger partial charge in [-0.05, 0) is 49.2 Å². The smallest absolute Gasteiger partial charge is 0.253 e. The minimum Gasteiger partial charge on any atom is -0.494 e. The molecule has 1 fully saturated rings. The van der Waals surface area contributed by atoms with Gasteiger partial charge in [0.25, 0.3) is 5.91 Å². The molecule has 0 saturated carbocycles. The Kier molecular flexibility index (Phi) is 5.70. The van der Waals surface area contributed by atoms with Gasteiger partial charge in [-0.15, -0.1) is 0 Å². The van der Waals surface area contributed by atoms with Crippen LogP contribution in [0.5, 0.6) is 5.75 Å². The molecule has 1 aliphatic rings. The maximum Gasteiger partial charge on any atom is 0.253 e. The highest BCUT2D eigenvalue weighted by Crippen LogP contribution is 2.25. The number of hydrogen-bond acceptors (Lipinski definition) is 4. The molecule has 0 aromatic heterocycles. The van der Waals surface area contributed by atoms with Gasteiger partial charge in [0, 0.05) is 25.7 Å². The summed E-state index contributed by atoms with van der Waals surface area (Å²) in [6.07, 6.45) is 0.609. The molecule has 1 saturated heterocycles. The Balaban J connectivity index is 1.72. The third-order valence-corrected chi connectivity index (χ3v) is 6.35. The van der Waals surface area contributed by atoms with Crippen molar-refractivity contribution in [2.24, 2.45) is 0 Å². The van der Waals surface area contributed by atoms with E-state index in [4.69, 9.17) is 4.74 Å². The number of hydrogen-bond donors (Lipinski definition) is 0. The molecule has 0 atom stereocenters. The van der Waals surface area contributed by atoms with Gasteiger partial charge in [-0.25, -0.2) is 8.42 Å². The van der Waals surface area contributed by atoms with Crippen LogP contribution in [0.1, 0.15) is 29.3 Å². The average Bonchev–Trinajstić information content (AvgIpc) is 3.02. The highest BCUT2D eigenvalue weighted by atomic mass is 32.2. The summed E-state index contributed by atoms with van der Waals surface area (Å²) < 4.78 is 31.0. The quantitative estimate of drug-likeness (QED) is 0.763. The first-order valence-electron chi connectivity index (χ1n) is 8.98. The van der Waals surface area contributed by atoms with Crippen molar-refractivity contribution in [3.05, 3.63) is 59.7 Å². The van der Waals surface area contributed by atoms with Gasteiger partial charge in [0.2, 0.25) is 10.0 Å². The molecule has 144 valence electrons. The summed E-state index contributed by atoms with van der Waals surface area (Å²) in [6.45, 7) is 3.46. The number of rotatable bonds is 6. The second-order valence-corrected chi connectivity index (χ2v) is 8.54. The van der Waals surface area contributed by atoms with Gasteiger partial charge in [0.1, 0.15) is 5.75 Å². The fourth-order valence-corrected chi connectivity index (χ4v) is 4.70. The first kappa shape index (κ1) is 19.2. The zero-order valence-corrected chi connectivity index (χ0v) is 16.4. The van der Waals surface area contributed by atoms with Crippen LogP contribution in [0.15, 0.2) is 48.5 Å². The van der Waals surface area contributed by atoms with E-state index >= 15 is 0 Å². The van der Waals surface area contributed by atoms with Crippen molar-refractivity contribution < 1.29 is 17.9 Å². The zero-order chi connectivity index (χ0) is 19.4. The van der Waals surface area contributed by atoms with Gasteiger partial charge < -0.3 is 9.64 Å². The minimum absolute atomic E-state index is 0.151. The van der Waals surface area contributed by atoms with Crippen LogP contribution in [0.4, 0.5) is 5.69 Å². The Hall–Kier alpha value is -2.54. The van der Waals surface area contributed by atoms with Crippen LogP contribution < -0.4 is 9.04 Å². The first-order chi connectivity index (χ1) is 12.9. The topological polar surface area (TPSA) is 66.9 Å². The molecule has 1 amide bonds. The molecule has 0 bridgehead atoms. The predicted octanol–water partition coefficient (Wildman–Crippen LogP) is 2.90. The van der Waals surface area contributed by atoms with Crippen LogP contribution in [0.2, 0.25) is 0 Å². The normalized spacial score (nSPS) is 15.6. The van der Waals surface area contributed by atoms with Crippen LogP contribution >= 0.6 is 0 Å². The molecule has 0 N–H and O–H groups in total. The van der Waals surface area contributed by atoms with Crippen molar-refractivity contribution in [2.45, 2.75) is 19.9 Å². The third kappa shape index (κ3) is 4.42. The molecule has 3 rings (SSSR count). The Morgan fingerprint density at radius 2 is 1.93 bits per heavy atom. The lowest BCUT2D eigenvalue weighted by Crippen LogP contribution is -2.28. The lowest BCUT2D eigenvalue weighted by atomic mass is 10.1. The van der Waals surface area contributed by atoms with Crippen molar-refractivity contribution in [2.75, 3.05) is 30.3 Å². The molecule has 2 aromatic rings. The monoisotopic (exact) mass is 388 g/mol. The highest BCUT2D eigenvalue weighted by molar-refractivity contribution is 7.93. The van der Waals surface area contributed by atoms with E-state index in [9.17, 15) is 13.2 Å². The summed E-state index contributed by atoms with van der Waals surface area (Å²) in [6, 6.07) is 14.5. The van der Waals surface area contributed by atoms with Crippen LogP contribution in [-0.2, 0) is 16.6 Å². The SMILES string of the molecule is CCOc1ccc(CN(C)C(=O)c2cccc(N3CCCS3(=O)=O)c2)cc1. The van der Waals surface area contributed by atoms with Crippen molar-refractivity contribution in [1.29, 1.82) is 0 Å². The van der Waals surface area contributed by atoms with Gasteiger partial charge >= 0.3 is 0 Å². The Morgan fingerprint density at radius 1 is 1.19 bits per heavy atom. The maximum absolute atomic E-state index is 12.8. The molecule has 7 heteroatoms. The van der Waals surface area contributed by atoms with Crippen LogP contribution in [-0.4, -0.2) is 45.2 Å². The van der Waals surface area contributed by atoms with Gasteiger partial charge in [0.15, 0.2) is 0 Å². The number of carbonyl (C=O) groups is 1. The van der Waals surface area contributed by atoms with Gasteiger partial charge in [-0.2, -0.15) is 0 Å². The minimum atomic E-state index is -3.26. The second-order valence-electron chi connectivity index (χ2n) is 6.53. The summed E-state index contributed by atoms with van der Waals surface area (Å²) in [5, 5.41) is 0. The summed E-state index contributed by atoms with van der Waals surface area (Å²) in [7, 11) is -1.53. The molecule has 0 spiro atoms. The van der Waals surface area contributed by atoms with E-state index in [-0.39, 0.29) is 11.7 Å². The molecular weight excluding hydrogens is 364 g/mol. The fourth-order valence-electron chi connectivity index (χ4n) is 3.15. The molecular formula is C20H24N2O4S. The van der Waals surface area contributed by atoms with Crippen LogP contribution in [0, 0.1) is 0 Å². The van der Waals surface area contributed by atoms with E-state index in [1.165, 1.54) is 4.31 Å². The van der Waals surface area contributed by atoms with E-state index in [1.807, 2.05) is 31.2 Å². The largest absolute Gasteiger partial charge is 0.494 e. The summed E-state index contributed by atoms with van der Waals surface area (Å²) >= 11 is 0. The average molecular weight is 388 g/mol. The van der Waals surface area contributed by atoms with Crippen LogP contribution in [0.3, 0.4) is 0 Å². The van der Waals surface area contributed by atoms with E-state index in [0.29, 0.717) is 37.4 Å². The second kappa shape index (κ2) is 8.00. The molecule has 2 aromatic carbocycles. The van der Waals surface area contributed by atoms with Crippen molar-refractivity contribution >= 4 is 21.6 Å². The fraction of sp³-hybridized carbons (Fsp3) is 0.350. The number of nitrogens with zero attached hydrogens (tertiary/aromatic N) is 2. The zero-order valence-electron chi connectivity index (χ0n) is 15.6. The van der Waals surface area contributed by atoms with Crippen molar-refractivity contribution in [3.8, 4) is 5.75 Å². The Bertz CT molecular complexity index is 910. The number of anilines is 1. The molecule has 1 heterocycles. The number of sulfonamides is 1. The summed E-state index contributed by atoms with van der Waals surface area (Å²) in [5.74, 6) is 0.806. The lowest BCUT2D eigenvalue weighted by molar-refractivity contribution is 0.0785. The van der Waals surface area contributed by atoms with Gasteiger partial charge in [-0.1, -0.05) is 18.2 Å². The molecule has 6 nitrogen and oxygen atoms in total. The lowest BCUT2D eigenvalue weighted by Gasteiger charge is -2.20. The molecule has 0 unspecified atom stereocenters. The Labute approximate surface area is 160 Å². The number of ether oxygens (including phenoxy) is 1. The van der Waals surface area contributed by atoms with E-state index in [2.05, 4.69) is 0 Å². The van der Waals surface area contributed by atoms with E-state index in [0.717, 1.165) is 11.3 Å². The van der Waals surface area contributed by atoms with Crippen LogP contribution in [0.25, 0.3) is 0 Å². The molecule has 0 radical (unpaired) electrons. The Morgan fingerprint density at radius 3 is 2.56 bits per heavy atom. The van der Waals surface area contributed by atoms with Crippen molar-refractivity contribution in [1.82, 2.24) is 4.90 Å². The summed E-state index contributed by atoms with van der Waals surface area (Å²) in [5.41, 5.74) is 2.02. The maximum atomic E-state index is 12.8. The van der Waals surface area contributed by atoms with E-state index < -0.39 is 10.0 Å². The molecule has 27 heavy (non-hydrogen) atoms. The highest BCUT2D eigenvalue weighted by Gasteiger charge is 2.28. The predicted molar refractivity (Wildman–Crippen MR) is 106 cm³/mol. The summed E-state index contributed by atoms with van der Waals surface area (Å²) in [4.78, 5) is 14.4. The van der Waals surface area contributed by atoms with E-state index in [1.54, 1.807) is 36.2 Å². The van der Waals surface area contributed by atoms with Gasteiger partial charge in [0.05, 0.1) is 18.0 Å². The third-order valence-electron chi connectivity index (χ3n) is 4.48. The molecule has 0 aliphatic carbocycles. The standard InChI is InChI=1S/C20H24N2O4S/c1-3-26-19-10-8-16(9-11-19)15-21(2)20(23)17-6-4-7-18(14-17)22-12-5-13-27(22,24)25/h4,6-11,14H,3,5,12-13,15H2,1-2H3. The molecule has 1 aliphatic heterocycles. The van der Waals surface area contributed by atoms with Crippen molar-refractivity contribution in [3.63, 3.8) is 0 Å². The number of benzene rings is 2. The van der Waals surface area contributed by atoms with Gasteiger partial charge in [-0.3, -0.25) is 9.10 Å². The first-order valence-corrected chi connectivity index (χ1v) is 10.6. The number of carbonyl (C=O) groups excluding carboxylic acids is 1.